The molecule has 1 N–H and O–H groups in total. The number of benzene rings is 1. The van der Waals surface area contributed by atoms with Crippen molar-refractivity contribution >= 4 is 16.7 Å². The zero-order chi connectivity index (χ0) is 13.7. The second-order valence-electron chi connectivity index (χ2n) is 5.07. The van der Waals surface area contributed by atoms with Crippen molar-refractivity contribution < 1.29 is 4.39 Å². The summed E-state index contributed by atoms with van der Waals surface area (Å²) in [5, 5.41) is 13.1. The molecule has 2 aromatic heterocycles. The first-order valence-corrected chi connectivity index (χ1v) is 6.63. The molecule has 0 saturated heterocycles. The van der Waals surface area contributed by atoms with Gasteiger partial charge in [0.05, 0.1) is 17.3 Å². The molecule has 0 spiro atoms. The molecule has 20 heavy (non-hydrogen) atoms. The normalized spacial score (nSPS) is 18.0. The van der Waals surface area contributed by atoms with Crippen LogP contribution in [0.15, 0.2) is 30.5 Å². The quantitative estimate of drug-likeness (QED) is 0.739. The van der Waals surface area contributed by atoms with Gasteiger partial charge in [-0.3, -0.25) is 4.68 Å². The largest absolute Gasteiger partial charge is 0.370 e. The number of aromatic nitrogens is 4. The molecule has 0 amide bonds. The summed E-state index contributed by atoms with van der Waals surface area (Å²) in [6, 6.07) is 6.87. The van der Waals surface area contributed by atoms with Gasteiger partial charge in [0.25, 0.3) is 0 Å². The Hall–Kier alpha value is -2.37. The van der Waals surface area contributed by atoms with E-state index in [-0.39, 0.29) is 11.9 Å². The van der Waals surface area contributed by atoms with E-state index in [1.807, 2.05) is 22.5 Å². The highest BCUT2D eigenvalue weighted by Crippen LogP contribution is 2.34. The standard InChI is InChI=1S/C14H14FN5/c1-19-12(5-7-17-19)13-4-6-16-14-10-3-2-9(15)8-11(10)18-20(13)14/h2-3,5,7-8,13,16H,4,6H2,1H3. The van der Waals surface area contributed by atoms with Gasteiger partial charge in [-0.25, -0.2) is 9.07 Å². The molecular weight excluding hydrogens is 257 g/mol. The molecule has 0 aliphatic carbocycles. The molecule has 6 heteroatoms. The predicted octanol–water partition coefficient (Wildman–Crippen LogP) is 2.31. The van der Waals surface area contributed by atoms with Crippen molar-refractivity contribution in [2.45, 2.75) is 12.5 Å². The third-order valence-electron chi connectivity index (χ3n) is 3.87. The number of halogens is 1. The van der Waals surface area contributed by atoms with Crippen molar-refractivity contribution in [3.8, 4) is 0 Å². The maximum atomic E-state index is 13.4. The zero-order valence-corrected chi connectivity index (χ0v) is 11.0. The van der Waals surface area contributed by atoms with Crippen LogP contribution in [0.2, 0.25) is 0 Å². The van der Waals surface area contributed by atoms with Crippen molar-refractivity contribution in [1.29, 1.82) is 0 Å². The highest BCUT2D eigenvalue weighted by atomic mass is 19.1. The van der Waals surface area contributed by atoms with Crippen LogP contribution in [0, 0.1) is 5.82 Å². The Balaban J connectivity index is 1.93. The Morgan fingerprint density at radius 2 is 2.25 bits per heavy atom. The van der Waals surface area contributed by atoms with E-state index in [1.165, 1.54) is 12.1 Å². The van der Waals surface area contributed by atoms with E-state index in [0.717, 1.165) is 29.9 Å². The second-order valence-corrected chi connectivity index (χ2v) is 5.07. The van der Waals surface area contributed by atoms with E-state index in [9.17, 15) is 4.39 Å². The van der Waals surface area contributed by atoms with Gasteiger partial charge in [0.15, 0.2) is 0 Å². The molecule has 1 unspecified atom stereocenters. The van der Waals surface area contributed by atoms with Gasteiger partial charge in [-0.05, 0) is 24.6 Å². The molecule has 0 fully saturated rings. The van der Waals surface area contributed by atoms with Crippen LogP contribution in [-0.4, -0.2) is 26.1 Å². The summed E-state index contributed by atoms with van der Waals surface area (Å²) in [5.74, 6) is 0.697. The highest BCUT2D eigenvalue weighted by Gasteiger charge is 2.26. The van der Waals surface area contributed by atoms with Crippen molar-refractivity contribution in [2.75, 3.05) is 11.9 Å². The van der Waals surface area contributed by atoms with Gasteiger partial charge >= 0.3 is 0 Å². The molecule has 0 radical (unpaired) electrons. The summed E-state index contributed by atoms with van der Waals surface area (Å²) in [6.07, 6.45) is 2.73. The first kappa shape index (κ1) is 11.5. The number of nitrogens with zero attached hydrogens (tertiary/aromatic N) is 4. The number of hydrogen-bond donors (Lipinski definition) is 1. The maximum absolute atomic E-state index is 13.4. The maximum Gasteiger partial charge on any atom is 0.133 e. The number of nitrogens with one attached hydrogen (secondary N) is 1. The number of rotatable bonds is 1. The van der Waals surface area contributed by atoms with Crippen molar-refractivity contribution in [3.05, 3.63) is 42.0 Å². The number of anilines is 1. The zero-order valence-electron chi connectivity index (χ0n) is 11.0. The first-order chi connectivity index (χ1) is 9.74. The van der Waals surface area contributed by atoms with Crippen molar-refractivity contribution in [2.24, 2.45) is 7.05 Å². The molecule has 1 aliphatic heterocycles. The minimum absolute atomic E-state index is 0.134. The molecule has 1 aliphatic rings. The summed E-state index contributed by atoms with van der Waals surface area (Å²) in [4.78, 5) is 0. The number of hydrogen-bond acceptors (Lipinski definition) is 3. The molecule has 1 aromatic carbocycles. The number of fused-ring (bicyclic) bond motifs is 3. The molecule has 3 aromatic rings. The third kappa shape index (κ3) is 1.54. The SMILES string of the molecule is Cn1nccc1C1CCNc2c3ccc(F)cc3nn21. The minimum Gasteiger partial charge on any atom is -0.370 e. The summed E-state index contributed by atoms with van der Waals surface area (Å²) >= 11 is 0. The fraction of sp³-hybridized carbons (Fsp3) is 0.286. The van der Waals surface area contributed by atoms with E-state index >= 15 is 0 Å². The molecule has 5 nitrogen and oxygen atoms in total. The minimum atomic E-state index is -0.259. The monoisotopic (exact) mass is 271 g/mol. The Morgan fingerprint density at radius 3 is 3.05 bits per heavy atom. The van der Waals surface area contributed by atoms with Gasteiger partial charge in [0, 0.05) is 31.2 Å². The van der Waals surface area contributed by atoms with Gasteiger partial charge in [-0.15, -0.1) is 0 Å². The Kier molecular flexibility index (Phi) is 2.33. The second kappa shape index (κ2) is 4.06. The van der Waals surface area contributed by atoms with Crippen molar-refractivity contribution in [3.63, 3.8) is 0 Å². The Labute approximate surface area is 115 Å². The fourth-order valence-electron chi connectivity index (χ4n) is 2.91. The predicted molar refractivity (Wildman–Crippen MR) is 74.1 cm³/mol. The van der Waals surface area contributed by atoms with E-state index in [0.29, 0.717) is 5.52 Å². The van der Waals surface area contributed by atoms with Crippen LogP contribution in [0.3, 0.4) is 0 Å². The van der Waals surface area contributed by atoms with Crippen LogP contribution in [0.1, 0.15) is 18.2 Å². The molecule has 1 atom stereocenters. The van der Waals surface area contributed by atoms with Crippen LogP contribution < -0.4 is 5.32 Å². The van der Waals surface area contributed by atoms with Gasteiger partial charge in [0.1, 0.15) is 11.6 Å². The van der Waals surface area contributed by atoms with Crippen LogP contribution in [-0.2, 0) is 7.05 Å². The molecule has 3 heterocycles. The lowest BCUT2D eigenvalue weighted by atomic mass is 10.1. The van der Waals surface area contributed by atoms with Gasteiger partial charge in [-0.2, -0.15) is 10.2 Å². The van der Waals surface area contributed by atoms with E-state index in [4.69, 9.17) is 0 Å². The van der Waals surface area contributed by atoms with Crippen molar-refractivity contribution in [1.82, 2.24) is 19.6 Å². The van der Waals surface area contributed by atoms with Gasteiger partial charge in [0.2, 0.25) is 0 Å². The number of aryl methyl sites for hydroxylation is 1. The van der Waals surface area contributed by atoms with Crippen LogP contribution in [0.25, 0.3) is 10.9 Å². The topological polar surface area (TPSA) is 47.7 Å². The Bertz CT molecular complexity index is 788. The van der Waals surface area contributed by atoms with Gasteiger partial charge < -0.3 is 5.32 Å². The first-order valence-electron chi connectivity index (χ1n) is 6.63. The highest BCUT2D eigenvalue weighted by molar-refractivity contribution is 5.90. The average molecular weight is 271 g/mol. The lowest BCUT2D eigenvalue weighted by Gasteiger charge is -2.25. The van der Waals surface area contributed by atoms with E-state index in [1.54, 1.807) is 12.3 Å². The summed E-state index contributed by atoms with van der Waals surface area (Å²) in [7, 11) is 1.93. The Morgan fingerprint density at radius 1 is 1.35 bits per heavy atom. The summed E-state index contributed by atoms with van der Waals surface area (Å²) in [5.41, 5.74) is 1.79. The molecule has 4 rings (SSSR count). The smallest absolute Gasteiger partial charge is 0.133 e. The van der Waals surface area contributed by atoms with Crippen LogP contribution in [0.4, 0.5) is 10.2 Å². The van der Waals surface area contributed by atoms with E-state index in [2.05, 4.69) is 15.5 Å². The average Bonchev–Trinajstić information content (AvgIpc) is 3.01. The molecular formula is C14H14FN5. The van der Waals surface area contributed by atoms with Crippen LogP contribution >= 0.6 is 0 Å². The molecule has 0 saturated carbocycles. The third-order valence-corrected chi connectivity index (χ3v) is 3.87. The lowest BCUT2D eigenvalue weighted by Crippen LogP contribution is -2.25. The van der Waals surface area contributed by atoms with E-state index < -0.39 is 0 Å². The molecule has 102 valence electrons. The summed E-state index contributed by atoms with van der Waals surface area (Å²) in [6.45, 7) is 0.869. The fourth-order valence-corrected chi connectivity index (χ4v) is 2.91. The summed E-state index contributed by atoms with van der Waals surface area (Å²) < 4.78 is 17.2. The van der Waals surface area contributed by atoms with Gasteiger partial charge in [-0.1, -0.05) is 0 Å². The lowest BCUT2D eigenvalue weighted by molar-refractivity contribution is 0.455. The molecule has 0 bridgehead atoms. The van der Waals surface area contributed by atoms with Crippen LogP contribution in [0.5, 0.6) is 0 Å².